The maximum Gasteiger partial charge on any atom is 0.122 e. The lowest BCUT2D eigenvalue weighted by Gasteiger charge is -2.01. The van der Waals surface area contributed by atoms with E-state index in [0.29, 0.717) is 11.8 Å². The SMILES string of the molecule is CCCn1cc(C(O)CC=O)cn1. The van der Waals surface area contributed by atoms with Crippen LogP contribution in [0.15, 0.2) is 12.4 Å². The summed E-state index contributed by atoms with van der Waals surface area (Å²) in [4.78, 5) is 10.1. The number of carbonyl (C=O) groups excluding carboxylic acids is 1. The summed E-state index contributed by atoms with van der Waals surface area (Å²) in [5, 5.41) is 13.5. The van der Waals surface area contributed by atoms with Gasteiger partial charge in [0.25, 0.3) is 0 Å². The van der Waals surface area contributed by atoms with E-state index < -0.39 is 6.10 Å². The van der Waals surface area contributed by atoms with Gasteiger partial charge in [0, 0.05) is 24.7 Å². The summed E-state index contributed by atoms with van der Waals surface area (Å²) in [7, 11) is 0. The number of aldehydes is 1. The number of hydrogen-bond acceptors (Lipinski definition) is 3. The average Bonchev–Trinajstić information content (AvgIpc) is 2.54. The molecule has 72 valence electrons. The van der Waals surface area contributed by atoms with Crippen LogP contribution in [0.5, 0.6) is 0 Å². The van der Waals surface area contributed by atoms with Crippen molar-refractivity contribution in [1.29, 1.82) is 0 Å². The molecule has 1 atom stereocenters. The molecule has 0 aromatic carbocycles. The molecular formula is C9H14N2O2. The molecule has 1 heterocycles. The van der Waals surface area contributed by atoms with Gasteiger partial charge in [0.05, 0.1) is 12.3 Å². The van der Waals surface area contributed by atoms with Crippen LogP contribution in [0.3, 0.4) is 0 Å². The smallest absolute Gasteiger partial charge is 0.122 e. The molecule has 4 heteroatoms. The van der Waals surface area contributed by atoms with E-state index in [-0.39, 0.29) is 6.42 Å². The van der Waals surface area contributed by atoms with Crippen molar-refractivity contribution in [1.82, 2.24) is 9.78 Å². The standard InChI is InChI=1S/C9H14N2O2/c1-2-4-11-7-8(6-10-11)9(13)3-5-12/h5-7,9,13H,2-4H2,1H3. The van der Waals surface area contributed by atoms with Gasteiger partial charge < -0.3 is 9.90 Å². The molecule has 0 saturated heterocycles. The first kappa shape index (κ1) is 9.92. The van der Waals surface area contributed by atoms with Crippen LogP contribution in [-0.4, -0.2) is 21.2 Å². The van der Waals surface area contributed by atoms with Crippen molar-refractivity contribution in [2.24, 2.45) is 0 Å². The van der Waals surface area contributed by atoms with Gasteiger partial charge in [0.15, 0.2) is 0 Å². The van der Waals surface area contributed by atoms with Crippen LogP contribution in [-0.2, 0) is 11.3 Å². The molecule has 0 aliphatic heterocycles. The van der Waals surface area contributed by atoms with Crippen LogP contribution in [0.4, 0.5) is 0 Å². The molecule has 1 aromatic rings. The molecule has 4 nitrogen and oxygen atoms in total. The summed E-state index contributed by atoms with van der Waals surface area (Å²) in [6.07, 6.45) is 4.52. The van der Waals surface area contributed by atoms with Crippen LogP contribution in [0.2, 0.25) is 0 Å². The van der Waals surface area contributed by atoms with Crippen molar-refractivity contribution in [2.75, 3.05) is 0 Å². The molecule has 0 fully saturated rings. The topological polar surface area (TPSA) is 55.1 Å². The van der Waals surface area contributed by atoms with Gasteiger partial charge in [-0.3, -0.25) is 4.68 Å². The van der Waals surface area contributed by atoms with E-state index in [2.05, 4.69) is 12.0 Å². The largest absolute Gasteiger partial charge is 0.388 e. The lowest BCUT2D eigenvalue weighted by Crippen LogP contribution is -1.98. The highest BCUT2D eigenvalue weighted by Crippen LogP contribution is 2.13. The molecular weight excluding hydrogens is 168 g/mol. The molecule has 1 rings (SSSR count). The highest BCUT2D eigenvalue weighted by atomic mass is 16.3. The second kappa shape index (κ2) is 4.77. The lowest BCUT2D eigenvalue weighted by atomic mass is 10.1. The Morgan fingerprint density at radius 2 is 2.54 bits per heavy atom. The molecule has 0 saturated carbocycles. The van der Waals surface area contributed by atoms with Crippen LogP contribution in [0.1, 0.15) is 31.4 Å². The molecule has 0 aliphatic rings. The maximum absolute atomic E-state index is 10.1. The fraction of sp³-hybridized carbons (Fsp3) is 0.556. The van der Waals surface area contributed by atoms with Gasteiger partial charge >= 0.3 is 0 Å². The van der Waals surface area contributed by atoms with Crippen LogP contribution >= 0.6 is 0 Å². The van der Waals surface area contributed by atoms with Crippen molar-refractivity contribution in [3.63, 3.8) is 0 Å². The van der Waals surface area contributed by atoms with E-state index >= 15 is 0 Å². The first-order valence-electron chi connectivity index (χ1n) is 4.42. The molecule has 0 bridgehead atoms. The van der Waals surface area contributed by atoms with Gasteiger partial charge in [-0.15, -0.1) is 0 Å². The van der Waals surface area contributed by atoms with Gasteiger partial charge in [0.1, 0.15) is 6.29 Å². The number of carbonyl (C=O) groups is 1. The third-order valence-electron chi connectivity index (χ3n) is 1.81. The Morgan fingerprint density at radius 3 is 3.15 bits per heavy atom. The van der Waals surface area contributed by atoms with Gasteiger partial charge in [0.2, 0.25) is 0 Å². The predicted octanol–water partition coefficient (Wildman–Crippen LogP) is 0.915. The highest BCUT2D eigenvalue weighted by Gasteiger charge is 2.08. The number of rotatable bonds is 5. The molecule has 0 spiro atoms. The molecule has 0 amide bonds. The number of aryl methyl sites for hydroxylation is 1. The zero-order valence-electron chi connectivity index (χ0n) is 7.68. The zero-order valence-corrected chi connectivity index (χ0v) is 7.68. The van der Waals surface area contributed by atoms with E-state index in [0.717, 1.165) is 13.0 Å². The molecule has 1 unspecified atom stereocenters. The Kier molecular flexibility index (Phi) is 3.64. The Labute approximate surface area is 77.2 Å². The summed E-state index contributed by atoms with van der Waals surface area (Å²) in [6, 6.07) is 0. The summed E-state index contributed by atoms with van der Waals surface area (Å²) in [5.41, 5.74) is 0.709. The van der Waals surface area contributed by atoms with E-state index in [9.17, 15) is 9.90 Å². The van der Waals surface area contributed by atoms with Crippen LogP contribution < -0.4 is 0 Å². The van der Waals surface area contributed by atoms with Crippen LogP contribution in [0.25, 0.3) is 0 Å². The van der Waals surface area contributed by atoms with Crippen LogP contribution in [0, 0.1) is 0 Å². The maximum atomic E-state index is 10.1. The van der Waals surface area contributed by atoms with Crippen molar-refractivity contribution in [2.45, 2.75) is 32.4 Å². The normalized spacial score (nSPS) is 12.8. The first-order valence-corrected chi connectivity index (χ1v) is 4.42. The quantitative estimate of drug-likeness (QED) is 0.689. The lowest BCUT2D eigenvalue weighted by molar-refractivity contribution is -0.109. The molecule has 0 radical (unpaired) electrons. The second-order valence-electron chi connectivity index (χ2n) is 2.95. The number of aliphatic hydroxyl groups is 1. The van der Waals surface area contributed by atoms with E-state index in [1.807, 2.05) is 0 Å². The zero-order chi connectivity index (χ0) is 9.68. The fourth-order valence-corrected chi connectivity index (χ4v) is 1.13. The Bertz CT molecular complexity index is 270. The minimum Gasteiger partial charge on any atom is -0.388 e. The molecule has 13 heavy (non-hydrogen) atoms. The number of aromatic nitrogens is 2. The monoisotopic (exact) mass is 182 g/mol. The highest BCUT2D eigenvalue weighted by molar-refractivity contribution is 5.50. The summed E-state index contributed by atoms with van der Waals surface area (Å²) >= 11 is 0. The Morgan fingerprint density at radius 1 is 1.77 bits per heavy atom. The number of aliphatic hydroxyl groups excluding tert-OH is 1. The number of nitrogens with zero attached hydrogens (tertiary/aromatic N) is 2. The first-order chi connectivity index (χ1) is 6.27. The van der Waals surface area contributed by atoms with Gasteiger partial charge in [-0.05, 0) is 6.42 Å². The Balaban J connectivity index is 2.61. The van der Waals surface area contributed by atoms with Crippen molar-refractivity contribution in [3.05, 3.63) is 18.0 Å². The summed E-state index contributed by atoms with van der Waals surface area (Å²) in [5.74, 6) is 0. The average molecular weight is 182 g/mol. The van der Waals surface area contributed by atoms with Crippen molar-refractivity contribution in [3.8, 4) is 0 Å². The van der Waals surface area contributed by atoms with E-state index in [1.165, 1.54) is 0 Å². The van der Waals surface area contributed by atoms with Crippen molar-refractivity contribution >= 4 is 6.29 Å². The third kappa shape index (κ3) is 2.66. The van der Waals surface area contributed by atoms with E-state index in [1.54, 1.807) is 17.1 Å². The minimum atomic E-state index is -0.705. The molecule has 0 aliphatic carbocycles. The predicted molar refractivity (Wildman–Crippen MR) is 48.2 cm³/mol. The molecule has 1 aromatic heterocycles. The van der Waals surface area contributed by atoms with Gasteiger partial charge in [-0.25, -0.2) is 0 Å². The minimum absolute atomic E-state index is 0.137. The van der Waals surface area contributed by atoms with Gasteiger partial charge in [-0.1, -0.05) is 6.92 Å². The van der Waals surface area contributed by atoms with Crippen molar-refractivity contribution < 1.29 is 9.90 Å². The Hall–Kier alpha value is -1.16. The van der Waals surface area contributed by atoms with E-state index in [4.69, 9.17) is 0 Å². The second-order valence-corrected chi connectivity index (χ2v) is 2.95. The molecule has 1 N–H and O–H groups in total. The summed E-state index contributed by atoms with van der Waals surface area (Å²) in [6.45, 7) is 2.90. The third-order valence-corrected chi connectivity index (χ3v) is 1.81. The summed E-state index contributed by atoms with van der Waals surface area (Å²) < 4.78 is 1.77. The van der Waals surface area contributed by atoms with Gasteiger partial charge in [-0.2, -0.15) is 5.10 Å². The fourth-order valence-electron chi connectivity index (χ4n) is 1.13. The number of hydrogen-bond donors (Lipinski definition) is 1.